The van der Waals surface area contributed by atoms with Crippen molar-refractivity contribution in [3.63, 3.8) is 0 Å². The van der Waals surface area contributed by atoms with Gasteiger partial charge in [-0.2, -0.15) is 0 Å². The van der Waals surface area contributed by atoms with Gasteiger partial charge in [0.2, 0.25) is 5.91 Å². The molecular formula is C21H27NO. The zero-order chi connectivity index (χ0) is 16.2. The van der Waals surface area contributed by atoms with Gasteiger partial charge < -0.3 is 4.90 Å². The van der Waals surface area contributed by atoms with E-state index in [0.717, 1.165) is 5.92 Å². The van der Waals surface area contributed by atoms with Crippen LogP contribution < -0.4 is 0 Å². The first-order chi connectivity index (χ1) is 10.9. The molecule has 0 spiro atoms. The molecule has 1 aromatic rings. The maximum absolute atomic E-state index is 13.6. The molecule has 0 saturated heterocycles. The van der Waals surface area contributed by atoms with Gasteiger partial charge >= 0.3 is 0 Å². The van der Waals surface area contributed by atoms with Crippen molar-refractivity contribution in [2.24, 2.45) is 17.8 Å². The molecule has 4 unspecified atom stereocenters. The molecule has 3 aliphatic rings. The Morgan fingerprint density at radius 3 is 2.35 bits per heavy atom. The van der Waals surface area contributed by atoms with Gasteiger partial charge in [-0.15, -0.1) is 0 Å². The molecule has 2 saturated carbocycles. The molecule has 23 heavy (non-hydrogen) atoms. The van der Waals surface area contributed by atoms with Crippen LogP contribution in [0.15, 0.2) is 42.6 Å². The van der Waals surface area contributed by atoms with Crippen molar-refractivity contribution in [3.05, 3.63) is 48.2 Å². The average Bonchev–Trinajstić information content (AvgIpc) is 3.21. The number of hydrogen-bond donors (Lipinski definition) is 0. The quantitative estimate of drug-likeness (QED) is 0.787. The molecule has 1 amide bonds. The van der Waals surface area contributed by atoms with Crippen LogP contribution in [0.1, 0.15) is 52.0 Å². The highest BCUT2D eigenvalue weighted by atomic mass is 16.2. The molecule has 122 valence electrons. The number of rotatable bonds is 2. The number of benzene rings is 1. The van der Waals surface area contributed by atoms with E-state index >= 15 is 0 Å². The Kier molecular flexibility index (Phi) is 3.23. The number of carbonyl (C=O) groups is 1. The number of nitrogens with zero attached hydrogens (tertiary/aromatic N) is 1. The Balaban J connectivity index is 1.81. The summed E-state index contributed by atoms with van der Waals surface area (Å²) >= 11 is 0. The lowest BCUT2D eigenvalue weighted by Crippen LogP contribution is -2.50. The van der Waals surface area contributed by atoms with Crippen LogP contribution in [0, 0.1) is 17.8 Å². The molecule has 4 atom stereocenters. The summed E-state index contributed by atoms with van der Waals surface area (Å²) in [6.45, 7) is 6.37. The van der Waals surface area contributed by atoms with Crippen molar-refractivity contribution < 1.29 is 4.79 Å². The minimum atomic E-state index is -0.436. The lowest BCUT2D eigenvalue weighted by molar-refractivity contribution is -0.137. The molecule has 0 radical (unpaired) electrons. The molecule has 2 nitrogen and oxygen atoms in total. The highest BCUT2D eigenvalue weighted by molar-refractivity contribution is 5.95. The van der Waals surface area contributed by atoms with E-state index in [4.69, 9.17) is 0 Å². The Morgan fingerprint density at radius 2 is 1.83 bits per heavy atom. The molecule has 2 heteroatoms. The molecule has 1 aromatic carbocycles. The highest BCUT2D eigenvalue weighted by Gasteiger charge is 2.57. The fourth-order valence-electron chi connectivity index (χ4n) is 5.29. The van der Waals surface area contributed by atoms with E-state index in [1.54, 1.807) is 0 Å². The van der Waals surface area contributed by atoms with Crippen molar-refractivity contribution in [1.29, 1.82) is 0 Å². The van der Waals surface area contributed by atoms with E-state index in [2.05, 4.69) is 57.3 Å². The third kappa shape index (κ3) is 2.10. The molecule has 2 bridgehead atoms. The molecule has 0 N–H and O–H groups in total. The number of carbonyl (C=O) groups excluding carboxylic acids is 1. The number of hydrogen-bond acceptors (Lipinski definition) is 1. The summed E-state index contributed by atoms with van der Waals surface area (Å²) in [4.78, 5) is 15.6. The Labute approximate surface area is 139 Å². The maximum atomic E-state index is 13.6. The molecule has 4 rings (SSSR count). The van der Waals surface area contributed by atoms with Gasteiger partial charge in [-0.3, -0.25) is 4.79 Å². The molecule has 1 aliphatic heterocycles. The highest BCUT2D eigenvalue weighted by Crippen LogP contribution is 2.57. The largest absolute Gasteiger partial charge is 0.313 e. The SMILES string of the molecule is CC(C)(C)N1C=CC(c2ccccc2)(C2CC3CCC2C3)C1=O. The number of amides is 1. The molecule has 2 fully saturated rings. The average molecular weight is 309 g/mol. The van der Waals surface area contributed by atoms with Crippen LogP contribution in [0.2, 0.25) is 0 Å². The van der Waals surface area contributed by atoms with E-state index in [9.17, 15) is 4.79 Å². The first-order valence-corrected chi connectivity index (χ1v) is 9.01. The van der Waals surface area contributed by atoms with Crippen LogP contribution in [-0.2, 0) is 10.2 Å². The van der Waals surface area contributed by atoms with E-state index in [1.165, 1.54) is 31.2 Å². The fourth-order valence-corrected chi connectivity index (χ4v) is 5.29. The minimum Gasteiger partial charge on any atom is -0.313 e. The van der Waals surface area contributed by atoms with Gasteiger partial charge in [-0.25, -0.2) is 0 Å². The van der Waals surface area contributed by atoms with Crippen LogP contribution in [0.4, 0.5) is 0 Å². The Hall–Kier alpha value is -1.57. The maximum Gasteiger partial charge on any atom is 0.241 e. The van der Waals surface area contributed by atoms with Crippen LogP contribution >= 0.6 is 0 Å². The zero-order valence-electron chi connectivity index (χ0n) is 14.5. The smallest absolute Gasteiger partial charge is 0.241 e. The summed E-state index contributed by atoms with van der Waals surface area (Å²) in [7, 11) is 0. The predicted octanol–water partition coefficient (Wildman–Crippen LogP) is 4.52. The molecule has 0 aromatic heterocycles. The molecule has 2 aliphatic carbocycles. The lowest BCUT2D eigenvalue weighted by atomic mass is 9.64. The van der Waals surface area contributed by atoms with Gasteiger partial charge in [0, 0.05) is 11.7 Å². The summed E-state index contributed by atoms with van der Waals surface area (Å²) in [6.07, 6.45) is 9.50. The van der Waals surface area contributed by atoms with Crippen molar-refractivity contribution in [2.45, 2.75) is 57.4 Å². The lowest BCUT2D eigenvalue weighted by Gasteiger charge is -2.41. The second-order valence-corrected chi connectivity index (χ2v) is 8.68. The van der Waals surface area contributed by atoms with Gasteiger partial charge in [-0.1, -0.05) is 36.8 Å². The summed E-state index contributed by atoms with van der Waals surface area (Å²) in [5.74, 6) is 2.32. The van der Waals surface area contributed by atoms with E-state index in [0.29, 0.717) is 11.8 Å². The van der Waals surface area contributed by atoms with Crippen molar-refractivity contribution in [2.75, 3.05) is 0 Å². The zero-order valence-corrected chi connectivity index (χ0v) is 14.5. The summed E-state index contributed by atoms with van der Waals surface area (Å²) in [6, 6.07) is 10.5. The first-order valence-electron chi connectivity index (χ1n) is 9.01. The minimum absolute atomic E-state index is 0.165. The van der Waals surface area contributed by atoms with Gasteiger partial charge in [0.15, 0.2) is 0 Å². The second-order valence-electron chi connectivity index (χ2n) is 8.68. The summed E-state index contributed by atoms with van der Waals surface area (Å²) in [5, 5.41) is 0. The Morgan fingerprint density at radius 1 is 1.09 bits per heavy atom. The first kappa shape index (κ1) is 15.0. The van der Waals surface area contributed by atoms with Gasteiger partial charge in [-0.05, 0) is 69.4 Å². The van der Waals surface area contributed by atoms with Crippen LogP contribution in [0.5, 0.6) is 0 Å². The van der Waals surface area contributed by atoms with Crippen molar-refractivity contribution in [1.82, 2.24) is 4.90 Å². The fraction of sp³-hybridized carbons (Fsp3) is 0.571. The third-order valence-electron chi connectivity index (χ3n) is 6.36. The molecular weight excluding hydrogens is 282 g/mol. The summed E-state index contributed by atoms with van der Waals surface area (Å²) < 4.78 is 0. The van der Waals surface area contributed by atoms with Gasteiger partial charge in [0.1, 0.15) is 0 Å². The Bertz CT molecular complexity index is 642. The van der Waals surface area contributed by atoms with Crippen molar-refractivity contribution in [3.8, 4) is 0 Å². The standard InChI is InChI=1S/C21H27NO/c1-20(2,3)22-12-11-21(19(22)23,17-7-5-4-6-8-17)18-14-15-9-10-16(18)13-15/h4-8,11-12,15-16,18H,9-10,13-14H2,1-3H3. The number of fused-ring (bicyclic) bond motifs is 2. The van der Waals surface area contributed by atoms with Crippen LogP contribution in [0.3, 0.4) is 0 Å². The van der Waals surface area contributed by atoms with E-state index in [-0.39, 0.29) is 11.4 Å². The normalized spacial score (nSPS) is 36.2. The second kappa shape index (κ2) is 4.96. The predicted molar refractivity (Wildman–Crippen MR) is 92.8 cm³/mol. The van der Waals surface area contributed by atoms with Crippen LogP contribution in [-0.4, -0.2) is 16.3 Å². The topological polar surface area (TPSA) is 20.3 Å². The van der Waals surface area contributed by atoms with E-state index < -0.39 is 5.41 Å². The third-order valence-corrected chi connectivity index (χ3v) is 6.36. The van der Waals surface area contributed by atoms with Gasteiger partial charge in [0.05, 0.1) is 5.41 Å². The van der Waals surface area contributed by atoms with E-state index in [1.807, 2.05) is 11.0 Å². The summed E-state index contributed by atoms with van der Waals surface area (Å²) in [5.41, 5.74) is 0.585. The monoisotopic (exact) mass is 309 g/mol. The van der Waals surface area contributed by atoms with Crippen LogP contribution in [0.25, 0.3) is 0 Å². The van der Waals surface area contributed by atoms with Gasteiger partial charge in [0.25, 0.3) is 0 Å². The van der Waals surface area contributed by atoms with Crippen molar-refractivity contribution >= 4 is 5.91 Å². The molecule has 1 heterocycles.